The maximum Gasteiger partial charge on any atom is 0.316 e. The predicted molar refractivity (Wildman–Crippen MR) is 118 cm³/mol. The van der Waals surface area contributed by atoms with Crippen molar-refractivity contribution in [2.45, 2.75) is 44.7 Å². The van der Waals surface area contributed by atoms with E-state index in [0.29, 0.717) is 17.7 Å². The number of carbonyl (C=O) groups excluding carboxylic acids is 1. The van der Waals surface area contributed by atoms with E-state index in [9.17, 15) is 9.59 Å². The van der Waals surface area contributed by atoms with Crippen LogP contribution in [0, 0.1) is 5.92 Å². The molecule has 0 bridgehead atoms. The lowest BCUT2D eigenvalue weighted by molar-refractivity contribution is -0.140. The molecule has 0 saturated heterocycles. The standard InChI is InChI=1S/C22H24N2O3S2/c1-3-11-27-18(25)13-28-22-23-20-19(16-10-9-14(2)12-17(16)29-20)21(26)24(22)15-7-5-4-6-8-15/h4-8,14H,3,9-13H2,1-2H3. The van der Waals surface area contributed by atoms with E-state index in [2.05, 4.69) is 6.92 Å². The number of aryl methyl sites for hydroxylation is 1. The number of thiophene rings is 1. The molecule has 5 nitrogen and oxygen atoms in total. The molecule has 7 heteroatoms. The lowest BCUT2D eigenvalue weighted by Gasteiger charge is -2.17. The number of hydrogen-bond donors (Lipinski definition) is 0. The number of fused-ring (bicyclic) bond motifs is 3. The van der Waals surface area contributed by atoms with Crippen molar-refractivity contribution < 1.29 is 9.53 Å². The fraction of sp³-hybridized carbons (Fsp3) is 0.409. The van der Waals surface area contributed by atoms with E-state index >= 15 is 0 Å². The highest BCUT2D eigenvalue weighted by molar-refractivity contribution is 7.99. The summed E-state index contributed by atoms with van der Waals surface area (Å²) in [6.07, 6.45) is 3.82. The van der Waals surface area contributed by atoms with Gasteiger partial charge < -0.3 is 4.74 Å². The smallest absolute Gasteiger partial charge is 0.316 e. The molecule has 1 aromatic carbocycles. The number of aromatic nitrogens is 2. The van der Waals surface area contributed by atoms with Crippen molar-refractivity contribution in [3.05, 3.63) is 51.1 Å². The molecule has 2 heterocycles. The van der Waals surface area contributed by atoms with Crippen molar-refractivity contribution in [1.82, 2.24) is 9.55 Å². The van der Waals surface area contributed by atoms with Gasteiger partial charge >= 0.3 is 5.97 Å². The fourth-order valence-electron chi connectivity index (χ4n) is 3.65. The first-order valence-electron chi connectivity index (χ1n) is 9.99. The molecule has 0 saturated carbocycles. The lowest BCUT2D eigenvalue weighted by atomic mass is 9.89. The van der Waals surface area contributed by atoms with Gasteiger partial charge in [-0.2, -0.15) is 0 Å². The Morgan fingerprint density at radius 3 is 2.90 bits per heavy atom. The van der Waals surface area contributed by atoms with Gasteiger partial charge in [-0.05, 0) is 49.3 Å². The van der Waals surface area contributed by atoms with Gasteiger partial charge in [0.1, 0.15) is 4.83 Å². The predicted octanol–water partition coefficient (Wildman–Crippen LogP) is 4.62. The van der Waals surface area contributed by atoms with E-state index in [0.717, 1.165) is 41.6 Å². The molecule has 0 N–H and O–H groups in total. The first kappa shape index (κ1) is 20.2. The van der Waals surface area contributed by atoms with Gasteiger partial charge in [-0.15, -0.1) is 11.3 Å². The van der Waals surface area contributed by atoms with Gasteiger partial charge in [0.2, 0.25) is 0 Å². The van der Waals surface area contributed by atoms with Crippen molar-refractivity contribution in [3.8, 4) is 5.69 Å². The van der Waals surface area contributed by atoms with Crippen LogP contribution in [0.1, 0.15) is 37.1 Å². The molecular weight excluding hydrogens is 404 g/mol. The first-order valence-corrected chi connectivity index (χ1v) is 11.8. The highest BCUT2D eigenvalue weighted by atomic mass is 32.2. The largest absolute Gasteiger partial charge is 0.465 e. The third-order valence-corrected chi connectivity index (χ3v) is 7.16. The van der Waals surface area contributed by atoms with E-state index in [4.69, 9.17) is 9.72 Å². The average molecular weight is 429 g/mol. The summed E-state index contributed by atoms with van der Waals surface area (Å²) < 4.78 is 6.83. The van der Waals surface area contributed by atoms with Crippen molar-refractivity contribution in [1.29, 1.82) is 0 Å². The van der Waals surface area contributed by atoms with Crippen LogP contribution in [0.5, 0.6) is 0 Å². The number of ether oxygens (including phenoxy) is 1. The van der Waals surface area contributed by atoms with Crippen LogP contribution in [0.25, 0.3) is 15.9 Å². The second kappa shape index (κ2) is 8.71. The Morgan fingerprint density at radius 1 is 1.34 bits per heavy atom. The number of carbonyl (C=O) groups is 1. The fourth-order valence-corrected chi connectivity index (χ4v) is 5.89. The summed E-state index contributed by atoms with van der Waals surface area (Å²) in [7, 11) is 0. The van der Waals surface area contributed by atoms with Gasteiger partial charge in [0.15, 0.2) is 5.16 Å². The number of thioether (sulfide) groups is 1. The van der Waals surface area contributed by atoms with E-state index in [1.54, 1.807) is 15.9 Å². The molecular formula is C22H24N2O3S2. The minimum absolute atomic E-state index is 0.0438. The van der Waals surface area contributed by atoms with Crippen LogP contribution in [0.3, 0.4) is 0 Å². The van der Waals surface area contributed by atoms with Crippen LogP contribution in [0.2, 0.25) is 0 Å². The van der Waals surface area contributed by atoms with Crippen molar-refractivity contribution in [2.24, 2.45) is 5.92 Å². The number of esters is 1. The molecule has 152 valence electrons. The second-order valence-corrected chi connectivity index (χ2v) is 9.44. The van der Waals surface area contributed by atoms with Gasteiger partial charge in [-0.3, -0.25) is 14.2 Å². The van der Waals surface area contributed by atoms with Gasteiger partial charge in [-0.25, -0.2) is 4.98 Å². The van der Waals surface area contributed by atoms with Crippen LogP contribution >= 0.6 is 23.1 Å². The maximum atomic E-state index is 13.6. The zero-order chi connectivity index (χ0) is 20.4. The topological polar surface area (TPSA) is 61.2 Å². The highest BCUT2D eigenvalue weighted by Gasteiger charge is 2.25. The molecule has 1 atom stereocenters. The SMILES string of the molecule is CCCOC(=O)CSc1nc2sc3c(c2c(=O)n1-c1ccccc1)CCC(C)C3. The second-order valence-electron chi connectivity index (χ2n) is 7.41. The maximum absolute atomic E-state index is 13.6. The third kappa shape index (κ3) is 4.12. The minimum atomic E-state index is -0.287. The van der Waals surface area contributed by atoms with Gasteiger partial charge in [0.05, 0.1) is 23.4 Å². The number of rotatable bonds is 6. The van der Waals surface area contributed by atoms with E-state index in [1.807, 2.05) is 37.3 Å². The Hall–Kier alpha value is -2.12. The molecule has 29 heavy (non-hydrogen) atoms. The molecule has 0 amide bonds. The summed E-state index contributed by atoms with van der Waals surface area (Å²) in [4.78, 5) is 32.5. The molecule has 3 aromatic rings. The van der Waals surface area contributed by atoms with Crippen molar-refractivity contribution >= 4 is 39.3 Å². The van der Waals surface area contributed by atoms with Crippen LogP contribution in [0.4, 0.5) is 0 Å². The highest BCUT2D eigenvalue weighted by Crippen LogP contribution is 2.37. The Balaban J connectivity index is 1.81. The van der Waals surface area contributed by atoms with Gasteiger partial charge in [0, 0.05) is 4.88 Å². The monoisotopic (exact) mass is 428 g/mol. The number of benzene rings is 1. The Morgan fingerprint density at radius 2 is 2.14 bits per heavy atom. The zero-order valence-electron chi connectivity index (χ0n) is 16.6. The molecule has 0 fully saturated rings. The Bertz CT molecular complexity index is 1090. The summed E-state index contributed by atoms with van der Waals surface area (Å²) >= 11 is 2.89. The summed E-state index contributed by atoms with van der Waals surface area (Å²) in [5.41, 5.74) is 1.89. The quantitative estimate of drug-likeness (QED) is 0.326. The van der Waals surface area contributed by atoms with E-state index in [1.165, 1.54) is 22.2 Å². The molecule has 0 aliphatic heterocycles. The number of para-hydroxylation sites is 1. The molecule has 1 aliphatic rings. The number of nitrogens with zero attached hydrogens (tertiary/aromatic N) is 2. The van der Waals surface area contributed by atoms with Crippen LogP contribution in [0.15, 0.2) is 40.3 Å². The Kier molecular flexibility index (Phi) is 6.06. The first-order chi connectivity index (χ1) is 14.1. The van der Waals surface area contributed by atoms with E-state index < -0.39 is 0 Å². The average Bonchev–Trinajstić information content (AvgIpc) is 3.08. The molecule has 4 rings (SSSR count). The molecule has 0 radical (unpaired) electrons. The van der Waals surface area contributed by atoms with Crippen molar-refractivity contribution in [3.63, 3.8) is 0 Å². The minimum Gasteiger partial charge on any atom is -0.465 e. The molecule has 1 unspecified atom stereocenters. The molecule has 0 spiro atoms. The summed E-state index contributed by atoms with van der Waals surface area (Å²) in [5, 5.41) is 1.28. The van der Waals surface area contributed by atoms with Crippen molar-refractivity contribution in [2.75, 3.05) is 12.4 Å². The van der Waals surface area contributed by atoms with Gasteiger partial charge in [-0.1, -0.05) is 43.8 Å². The molecule has 2 aromatic heterocycles. The third-order valence-electron chi connectivity index (χ3n) is 5.10. The van der Waals surface area contributed by atoms with Crippen LogP contribution in [-0.2, 0) is 22.4 Å². The normalized spacial score (nSPS) is 16.0. The summed E-state index contributed by atoms with van der Waals surface area (Å²) in [5.74, 6) is 0.478. The Labute approximate surface area is 178 Å². The molecule has 1 aliphatic carbocycles. The van der Waals surface area contributed by atoms with Gasteiger partial charge in [0.25, 0.3) is 5.56 Å². The zero-order valence-corrected chi connectivity index (χ0v) is 18.3. The summed E-state index contributed by atoms with van der Waals surface area (Å²) in [6, 6.07) is 9.52. The van der Waals surface area contributed by atoms with E-state index in [-0.39, 0.29) is 17.3 Å². The summed E-state index contributed by atoms with van der Waals surface area (Å²) in [6.45, 7) is 4.63. The van der Waals surface area contributed by atoms with Crippen LogP contribution in [-0.4, -0.2) is 27.9 Å². The number of hydrogen-bond acceptors (Lipinski definition) is 6. The lowest BCUT2D eigenvalue weighted by Crippen LogP contribution is -2.23. The van der Waals surface area contributed by atoms with Crippen LogP contribution < -0.4 is 5.56 Å².